The monoisotopic (exact) mass is 512 g/mol. The second kappa shape index (κ2) is 12.2. The highest BCUT2D eigenvalue weighted by atomic mass is 79.9. The van der Waals surface area contributed by atoms with Gasteiger partial charge in [-0.25, -0.2) is 0 Å². The molecule has 7 heteroatoms. The zero-order valence-corrected chi connectivity index (χ0v) is 20.7. The van der Waals surface area contributed by atoms with Crippen LogP contribution in [0, 0.1) is 6.92 Å². The Hall–Kier alpha value is -3.19. The fourth-order valence-electron chi connectivity index (χ4n) is 3.22. The smallest absolute Gasteiger partial charge is 0.262 e. The molecule has 0 heterocycles. The van der Waals surface area contributed by atoms with E-state index in [1.54, 1.807) is 0 Å². The zero-order valence-electron chi connectivity index (χ0n) is 19.1. The normalized spacial score (nSPS) is 10.4. The van der Waals surface area contributed by atoms with E-state index < -0.39 is 0 Å². The van der Waals surface area contributed by atoms with Gasteiger partial charge in [0.1, 0.15) is 5.75 Å². The number of aryl methyl sites for hydroxylation is 1. The molecule has 0 aromatic heterocycles. The number of hydrogen-bond acceptors (Lipinski definition) is 5. The summed E-state index contributed by atoms with van der Waals surface area (Å²) in [6, 6.07) is 19.3. The van der Waals surface area contributed by atoms with Crippen LogP contribution in [-0.4, -0.2) is 25.7 Å². The fraction of sp³-hybridized carbons (Fsp3) is 0.269. The molecule has 0 spiro atoms. The van der Waals surface area contributed by atoms with Crippen molar-refractivity contribution < 1.29 is 19.0 Å². The average molecular weight is 513 g/mol. The van der Waals surface area contributed by atoms with Crippen LogP contribution in [0.15, 0.2) is 65.1 Å². The van der Waals surface area contributed by atoms with Crippen LogP contribution >= 0.6 is 15.9 Å². The van der Waals surface area contributed by atoms with Gasteiger partial charge in [-0.3, -0.25) is 4.79 Å². The van der Waals surface area contributed by atoms with Crippen LogP contribution in [-0.2, 0) is 11.3 Å². The van der Waals surface area contributed by atoms with Crippen LogP contribution in [0.2, 0.25) is 0 Å². The summed E-state index contributed by atoms with van der Waals surface area (Å²) < 4.78 is 17.8. The van der Waals surface area contributed by atoms with E-state index in [1.807, 2.05) is 81.4 Å². The molecule has 0 fully saturated rings. The predicted octanol–water partition coefficient (Wildman–Crippen LogP) is 6.18. The summed E-state index contributed by atoms with van der Waals surface area (Å²) >= 11 is 3.57. The van der Waals surface area contributed by atoms with Crippen LogP contribution < -0.4 is 24.8 Å². The van der Waals surface area contributed by atoms with Crippen molar-refractivity contribution in [3.05, 3.63) is 76.3 Å². The van der Waals surface area contributed by atoms with Gasteiger partial charge in [0.25, 0.3) is 5.91 Å². The number of halogens is 1. The third kappa shape index (κ3) is 7.43. The summed E-state index contributed by atoms with van der Waals surface area (Å²) in [5.41, 5.74) is 3.81. The molecule has 0 saturated heterocycles. The van der Waals surface area contributed by atoms with E-state index in [9.17, 15) is 4.79 Å². The minimum absolute atomic E-state index is 0.129. The maximum absolute atomic E-state index is 12.4. The van der Waals surface area contributed by atoms with Crippen molar-refractivity contribution in [1.82, 2.24) is 0 Å². The number of anilines is 2. The van der Waals surface area contributed by atoms with Gasteiger partial charge < -0.3 is 24.8 Å². The van der Waals surface area contributed by atoms with E-state index in [1.165, 1.54) is 0 Å². The van der Waals surface area contributed by atoms with E-state index in [-0.39, 0.29) is 12.5 Å². The molecule has 174 valence electrons. The number of hydrogen-bond donors (Lipinski definition) is 2. The number of ether oxygens (including phenoxy) is 3. The molecule has 33 heavy (non-hydrogen) atoms. The van der Waals surface area contributed by atoms with Gasteiger partial charge in [0.15, 0.2) is 18.1 Å². The molecular weight excluding hydrogens is 484 g/mol. The topological polar surface area (TPSA) is 68.8 Å². The number of amides is 1. The van der Waals surface area contributed by atoms with E-state index >= 15 is 0 Å². The van der Waals surface area contributed by atoms with E-state index in [4.69, 9.17) is 14.2 Å². The van der Waals surface area contributed by atoms with Crippen molar-refractivity contribution >= 4 is 33.2 Å². The molecule has 0 radical (unpaired) electrons. The van der Waals surface area contributed by atoms with Crippen molar-refractivity contribution in [2.75, 3.05) is 30.5 Å². The standard InChI is InChI=1S/C26H29BrN2O4/c1-4-31-22-11-9-20(10-12-22)28-16-19-14-23(27)26(24(15-19)32-5-2)33-17-25(30)29-21-8-6-7-18(3)13-21/h6-15,28H,4-5,16-17H2,1-3H3,(H,29,30). The van der Waals surface area contributed by atoms with Crippen molar-refractivity contribution in [2.45, 2.75) is 27.3 Å². The second-order valence-electron chi connectivity index (χ2n) is 7.36. The summed E-state index contributed by atoms with van der Waals surface area (Å²) in [7, 11) is 0. The summed E-state index contributed by atoms with van der Waals surface area (Å²) in [6.07, 6.45) is 0. The van der Waals surface area contributed by atoms with Crippen LogP contribution in [0.25, 0.3) is 0 Å². The Morgan fingerprint density at radius 1 is 0.909 bits per heavy atom. The highest BCUT2D eigenvalue weighted by molar-refractivity contribution is 9.10. The Balaban J connectivity index is 1.64. The molecular formula is C26H29BrN2O4. The van der Waals surface area contributed by atoms with Crippen molar-refractivity contribution in [3.8, 4) is 17.2 Å². The van der Waals surface area contributed by atoms with Gasteiger partial charge in [-0.05, 0) is 96.4 Å². The van der Waals surface area contributed by atoms with Crippen LogP contribution in [0.3, 0.4) is 0 Å². The highest BCUT2D eigenvalue weighted by Crippen LogP contribution is 2.37. The Morgan fingerprint density at radius 2 is 1.67 bits per heavy atom. The van der Waals surface area contributed by atoms with Crippen molar-refractivity contribution in [2.24, 2.45) is 0 Å². The molecule has 6 nitrogen and oxygen atoms in total. The lowest BCUT2D eigenvalue weighted by Crippen LogP contribution is -2.20. The van der Waals surface area contributed by atoms with Crippen molar-refractivity contribution in [1.29, 1.82) is 0 Å². The van der Waals surface area contributed by atoms with Gasteiger partial charge in [-0.15, -0.1) is 0 Å². The predicted molar refractivity (Wildman–Crippen MR) is 136 cm³/mol. The van der Waals surface area contributed by atoms with E-state index in [2.05, 4.69) is 26.6 Å². The molecule has 0 aliphatic heterocycles. The number of nitrogens with one attached hydrogen (secondary N) is 2. The highest BCUT2D eigenvalue weighted by Gasteiger charge is 2.14. The van der Waals surface area contributed by atoms with E-state index in [0.29, 0.717) is 31.3 Å². The molecule has 0 aliphatic carbocycles. The average Bonchev–Trinajstić information content (AvgIpc) is 2.78. The Kier molecular flexibility index (Phi) is 9.01. The molecule has 0 saturated carbocycles. The van der Waals surface area contributed by atoms with Crippen molar-refractivity contribution in [3.63, 3.8) is 0 Å². The Morgan fingerprint density at radius 3 is 2.36 bits per heavy atom. The van der Waals surface area contributed by atoms with Gasteiger partial charge in [0.05, 0.1) is 17.7 Å². The molecule has 2 N–H and O–H groups in total. The quantitative estimate of drug-likeness (QED) is 0.320. The lowest BCUT2D eigenvalue weighted by molar-refractivity contribution is -0.118. The first-order valence-corrected chi connectivity index (χ1v) is 11.7. The third-order valence-electron chi connectivity index (χ3n) is 4.68. The van der Waals surface area contributed by atoms with Crippen LogP contribution in [0.1, 0.15) is 25.0 Å². The van der Waals surface area contributed by atoms with Crippen LogP contribution in [0.4, 0.5) is 11.4 Å². The summed E-state index contributed by atoms with van der Waals surface area (Å²) in [5.74, 6) is 1.69. The lowest BCUT2D eigenvalue weighted by atomic mass is 10.2. The number of rotatable bonds is 11. The first-order chi connectivity index (χ1) is 16.0. The Bertz CT molecular complexity index is 1070. The van der Waals surface area contributed by atoms with Gasteiger partial charge in [0, 0.05) is 17.9 Å². The molecule has 0 bridgehead atoms. The van der Waals surface area contributed by atoms with Crippen LogP contribution in [0.5, 0.6) is 17.2 Å². The lowest BCUT2D eigenvalue weighted by Gasteiger charge is -2.16. The van der Waals surface area contributed by atoms with Gasteiger partial charge >= 0.3 is 0 Å². The minimum atomic E-state index is -0.240. The summed E-state index contributed by atoms with van der Waals surface area (Å²) in [5, 5.41) is 6.24. The first kappa shape index (κ1) is 24.5. The molecule has 0 unspecified atom stereocenters. The Labute approximate surface area is 203 Å². The maximum Gasteiger partial charge on any atom is 0.262 e. The maximum atomic E-state index is 12.4. The number of carbonyl (C=O) groups excluding carboxylic acids is 1. The van der Waals surface area contributed by atoms with Gasteiger partial charge in [0.2, 0.25) is 0 Å². The minimum Gasteiger partial charge on any atom is -0.494 e. The number of benzene rings is 3. The molecule has 1 amide bonds. The second-order valence-corrected chi connectivity index (χ2v) is 8.21. The largest absolute Gasteiger partial charge is 0.494 e. The molecule has 3 aromatic carbocycles. The fourth-order valence-corrected chi connectivity index (χ4v) is 3.83. The molecule has 3 aromatic rings. The third-order valence-corrected chi connectivity index (χ3v) is 5.27. The summed E-state index contributed by atoms with van der Waals surface area (Å²) in [6.45, 7) is 7.44. The first-order valence-electron chi connectivity index (χ1n) is 10.9. The summed E-state index contributed by atoms with van der Waals surface area (Å²) in [4.78, 5) is 12.4. The zero-order chi connectivity index (χ0) is 23.6. The molecule has 3 rings (SSSR count). The van der Waals surface area contributed by atoms with E-state index in [0.717, 1.165) is 32.7 Å². The van der Waals surface area contributed by atoms with Gasteiger partial charge in [-0.2, -0.15) is 0 Å². The molecule has 0 aliphatic rings. The molecule has 0 atom stereocenters. The van der Waals surface area contributed by atoms with Gasteiger partial charge in [-0.1, -0.05) is 12.1 Å². The SMILES string of the molecule is CCOc1ccc(NCc2cc(Br)c(OCC(=O)Nc3cccc(C)c3)c(OCC)c2)cc1. The number of carbonyl (C=O) groups is 1.